The van der Waals surface area contributed by atoms with Gasteiger partial charge in [-0.1, -0.05) is 64.0 Å². The van der Waals surface area contributed by atoms with Crippen LogP contribution in [0.5, 0.6) is 5.75 Å². The van der Waals surface area contributed by atoms with Crippen molar-refractivity contribution in [3.63, 3.8) is 0 Å². The predicted molar refractivity (Wildman–Crippen MR) is 109 cm³/mol. The van der Waals surface area contributed by atoms with Crippen molar-refractivity contribution < 1.29 is 14.6 Å². The van der Waals surface area contributed by atoms with E-state index in [1.54, 1.807) is 12.1 Å². The first-order valence-corrected chi connectivity index (χ1v) is 10.3. The number of carbonyl (C=O) groups excluding carboxylic acids is 1. The van der Waals surface area contributed by atoms with Crippen molar-refractivity contribution in [3.8, 4) is 5.75 Å². The number of benzene rings is 1. The summed E-state index contributed by atoms with van der Waals surface area (Å²) in [6, 6.07) is 6.14. The molecule has 0 saturated carbocycles. The second-order valence-corrected chi connectivity index (χ2v) is 6.91. The van der Waals surface area contributed by atoms with Crippen molar-refractivity contribution in [3.05, 3.63) is 42.0 Å². The molecule has 0 unspecified atom stereocenters. The molecule has 0 spiro atoms. The van der Waals surface area contributed by atoms with Gasteiger partial charge in [0, 0.05) is 0 Å². The molecule has 0 amide bonds. The molecule has 0 saturated heterocycles. The Labute approximate surface area is 159 Å². The van der Waals surface area contributed by atoms with Crippen LogP contribution in [0.3, 0.4) is 0 Å². The van der Waals surface area contributed by atoms with Gasteiger partial charge in [0.2, 0.25) is 0 Å². The number of allylic oxidation sites excluding steroid dienone is 2. The summed E-state index contributed by atoms with van der Waals surface area (Å²) >= 11 is 0. The molecule has 1 rings (SSSR count). The first-order valence-electron chi connectivity index (χ1n) is 10.3. The molecule has 1 N–H and O–H groups in total. The van der Waals surface area contributed by atoms with Crippen LogP contribution in [0.15, 0.2) is 36.4 Å². The maximum absolute atomic E-state index is 11.8. The molecule has 1 aromatic rings. The lowest BCUT2D eigenvalue weighted by molar-refractivity contribution is 0.0498. The van der Waals surface area contributed by atoms with Gasteiger partial charge in [0.1, 0.15) is 5.75 Å². The van der Waals surface area contributed by atoms with Crippen molar-refractivity contribution in [2.24, 2.45) is 0 Å². The average Bonchev–Trinajstić information content (AvgIpc) is 2.65. The van der Waals surface area contributed by atoms with Gasteiger partial charge in [-0.05, 0) is 56.4 Å². The van der Waals surface area contributed by atoms with Gasteiger partial charge in [-0.15, -0.1) is 0 Å². The van der Waals surface area contributed by atoms with Crippen LogP contribution in [-0.2, 0) is 4.74 Å². The van der Waals surface area contributed by atoms with E-state index in [0.717, 1.165) is 19.3 Å². The second kappa shape index (κ2) is 15.5. The molecule has 0 aliphatic heterocycles. The van der Waals surface area contributed by atoms with Crippen LogP contribution in [0.25, 0.3) is 0 Å². The Morgan fingerprint density at radius 1 is 0.846 bits per heavy atom. The van der Waals surface area contributed by atoms with Gasteiger partial charge in [0.05, 0.1) is 12.2 Å². The molecule has 0 fully saturated rings. The summed E-state index contributed by atoms with van der Waals surface area (Å²) in [5.41, 5.74) is 0.480. The fourth-order valence-electron chi connectivity index (χ4n) is 2.84. The molecule has 0 atom stereocenters. The van der Waals surface area contributed by atoms with Crippen molar-refractivity contribution >= 4 is 5.97 Å². The lowest BCUT2D eigenvalue weighted by atomic mass is 10.1. The molecule has 0 radical (unpaired) electrons. The Morgan fingerprint density at radius 3 is 2.00 bits per heavy atom. The maximum Gasteiger partial charge on any atom is 0.338 e. The smallest absolute Gasteiger partial charge is 0.338 e. The Bertz CT molecular complexity index is 491. The monoisotopic (exact) mass is 360 g/mol. The zero-order valence-electron chi connectivity index (χ0n) is 16.4. The Hall–Kier alpha value is -1.77. The first kappa shape index (κ1) is 22.3. The molecule has 0 aliphatic rings. The zero-order chi connectivity index (χ0) is 18.9. The SMILES string of the molecule is CCCCCCCCCC/C=C/CCCCOC(=O)c1ccc(O)cc1. The predicted octanol–water partition coefficient (Wildman–Crippen LogP) is 6.81. The third-order valence-corrected chi connectivity index (χ3v) is 4.49. The number of ether oxygens (including phenoxy) is 1. The summed E-state index contributed by atoms with van der Waals surface area (Å²) in [7, 11) is 0. The molecule has 3 nitrogen and oxygen atoms in total. The summed E-state index contributed by atoms with van der Waals surface area (Å²) in [6.45, 7) is 2.71. The van der Waals surface area contributed by atoms with E-state index in [0.29, 0.717) is 12.2 Å². The number of rotatable bonds is 15. The molecular formula is C23H36O3. The van der Waals surface area contributed by atoms with Crippen molar-refractivity contribution in [2.45, 2.75) is 84.0 Å². The summed E-state index contributed by atoms with van der Waals surface area (Å²) in [4.78, 5) is 11.8. The van der Waals surface area contributed by atoms with E-state index in [2.05, 4.69) is 19.1 Å². The highest BCUT2D eigenvalue weighted by Gasteiger charge is 2.05. The lowest BCUT2D eigenvalue weighted by Gasteiger charge is -2.04. The van der Waals surface area contributed by atoms with E-state index in [1.807, 2.05) is 0 Å². The molecule has 3 heteroatoms. The number of phenols is 1. The average molecular weight is 361 g/mol. The van der Waals surface area contributed by atoms with Crippen LogP contribution in [0.2, 0.25) is 0 Å². The van der Waals surface area contributed by atoms with Crippen molar-refractivity contribution in [2.75, 3.05) is 6.61 Å². The highest BCUT2D eigenvalue weighted by atomic mass is 16.5. The third-order valence-electron chi connectivity index (χ3n) is 4.49. The molecule has 0 heterocycles. The molecular weight excluding hydrogens is 324 g/mol. The number of unbranched alkanes of at least 4 members (excludes halogenated alkanes) is 10. The topological polar surface area (TPSA) is 46.5 Å². The largest absolute Gasteiger partial charge is 0.508 e. The fraction of sp³-hybridized carbons (Fsp3) is 0.609. The molecule has 0 aliphatic carbocycles. The number of hydrogen-bond donors (Lipinski definition) is 1. The number of esters is 1. The Balaban J connectivity index is 1.88. The Morgan fingerprint density at radius 2 is 1.38 bits per heavy atom. The first-order chi connectivity index (χ1) is 12.7. The van der Waals surface area contributed by atoms with Crippen LogP contribution in [0, 0.1) is 0 Å². The number of carbonyl (C=O) groups is 1. The van der Waals surface area contributed by atoms with Crippen LogP contribution in [0.1, 0.15) is 94.3 Å². The van der Waals surface area contributed by atoms with Gasteiger partial charge < -0.3 is 9.84 Å². The minimum Gasteiger partial charge on any atom is -0.508 e. The normalized spacial score (nSPS) is 11.1. The quantitative estimate of drug-likeness (QED) is 0.212. The van der Waals surface area contributed by atoms with E-state index >= 15 is 0 Å². The van der Waals surface area contributed by atoms with E-state index < -0.39 is 0 Å². The number of phenolic OH excluding ortho intramolecular Hbond substituents is 1. The molecule has 26 heavy (non-hydrogen) atoms. The van der Waals surface area contributed by atoms with Gasteiger partial charge in [-0.3, -0.25) is 0 Å². The molecule has 146 valence electrons. The standard InChI is InChI=1S/C23H36O3/c1-2-3-4-5-6-7-8-9-10-11-12-13-14-15-20-26-23(25)21-16-18-22(24)19-17-21/h11-12,16-19,24H,2-10,13-15,20H2,1H3/b12-11+. The van der Waals surface area contributed by atoms with Crippen molar-refractivity contribution in [1.82, 2.24) is 0 Å². The highest BCUT2D eigenvalue weighted by Crippen LogP contribution is 2.11. The van der Waals surface area contributed by atoms with Crippen molar-refractivity contribution in [1.29, 1.82) is 0 Å². The van der Waals surface area contributed by atoms with Gasteiger partial charge in [-0.2, -0.15) is 0 Å². The Kier molecular flexibility index (Phi) is 13.3. The van der Waals surface area contributed by atoms with E-state index in [9.17, 15) is 9.90 Å². The van der Waals surface area contributed by atoms with E-state index in [4.69, 9.17) is 4.74 Å². The molecule has 0 bridgehead atoms. The van der Waals surface area contributed by atoms with Crippen LogP contribution in [-0.4, -0.2) is 17.7 Å². The zero-order valence-corrected chi connectivity index (χ0v) is 16.4. The summed E-state index contributed by atoms with van der Waals surface area (Å²) in [5, 5.41) is 9.20. The maximum atomic E-state index is 11.8. The third kappa shape index (κ3) is 11.7. The van der Waals surface area contributed by atoms with Gasteiger partial charge in [0.15, 0.2) is 0 Å². The van der Waals surface area contributed by atoms with E-state index in [1.165, 1.54) is 69.9 Å². The van der Waals surface area contributed by atoms with Gasteiger partial charge >= 0.3 is 5.97 Å². The van der Waals surface area contributed by atoms with Crippen LogP contribution >= 0.6 is 0 Å². The number of aromatic hydroxyl groups is 1. The molecule has 1 aromatic carbocycles. The second-order valence-electron chi connectivity index (χ2n) is 6.91. The van der Waals surface area contributed by atoms with Crippen LogP contribution < -0.4 is 0 Å². The lowest BCUT2D eigenvalue weighted by Crippen LogP contribution is -2.06. The minimum atomic E-state index is -0.324. The van der Waals surface area contributed by atoms with Gasteiger partial charge in [0.25, 0.3) is 0 Å². The summed E-state index contributed by atoms with van der Waals surface area (Å²) < 4.78 is 5.23. The summed E-state index contributed by atoms with van der Waals surface area (Å²) in [5.74, 6) is -0.171. The molecule has 0 aromatic heterocycles. The number of hydrogen-bond acceptors (Lipinski definition) is 3. The van der Waals surface area contributed by atoms with Gasteiger partial charge in [-0.25, -0.2) is 4.79 Å². The van der Waals surface area contributed by atoms with Crippen LogP contribution in [0.4, 0.5) is 0 Å². The highest BCUT2D eigenvalue weighted by molar-refractivity contribution is 5.89. The van der Waals surface area contributed by atoms with E-state index in [-0.39, 0.29) is 11.7 Å². The minimum absolute atomic E-state index is 0.153. The fourth-order valence-corrected chi connectivity index (χ4v) is 2.84. The summed E-state index contributed by atoms with van der Waals surface area (Å²) in [6.07, 6.45) is 19.6.